The van der Waals surface area contributed by atoms with Crippen molar-refractivity contribution in [2.45, 2.75) is 31.9 Å². The van der Waals surface area contributed by atoms with Gasteiger partial charge in [0.15, 0.2) is 11.5 Å². The van der Waals surface area contributed by atoms with Crippen molar-refractivity contribution in [3.8, 4) is 11.5 Å². The fourth-order valence-corrected chi connectivity index (χ4v) is 2.72. The summed E-state index contributed by atoms with van der Waals surface area (Å²) in [6.45, 7) is 3.50. The molecule has 0 bridgehead atoms. The Morgan fingerprint density at radius 3 is 2.46 bits per heavy atom. The van der Waals surface area contributed by atoms with Crippen molar-refractivity contribution in [2.24, 2.45) is 0 Å². The number of para-hydroxylation sites is 2. The molecular formula is C21H24N2O5. The molecule has 2 amide bonds. The molecule has 0 saturated heterocycles. The Bertz CT molecular complexity index is 848. The highest BCUT2D eigenvalue weighted by Gasteiger charge is 2.27. The molecule has 7 heteroatoms. The van der Waals surface area contributed by atoms with Crippen molar-refractivity contribution in [1.29, 1.82) is 0 Å². The standard InChI is InChI=1S/C21H24N2O5/c1-21(2,13-24)23-19(25)11-14-7-9-15(10-8-14)22-20(26)18-12-27-16-5-3-4-6-17(16)28-18/h3-10,18,24H,11-13H2,1-2H3,(H,22,26)(H,23,25). The minimum Gasteiger partial charge on any atom is -0.485 e. The van der Waals surface area contributed by atoms with Gasteiger partial charge in [0.2, 0.25) is 12.0 Å². The van der Waals surface area contributed by atoms with E-state index in [0.717, 1.165) is 5.56 Å². The molecule has 0 saturated carbocycles. The van der Waals surface area contributed by atoms with Gasteiger partial charge in [0.05, 0.1) is 18.6 Å². The fraction of sp³-hybridized carbons (Fsp3) is 0.333. The molecule has 0 spiro atoms. The maximum Gasteiger partial charge on any atom is 0.269 e. The zero-order valence-corrected chi connectivity index (χ0v) is 15.9. The van der Waals surface area contributed by atoms with E-state index < -0.39 is 11.6 Å². The summed E-state index contributed by atoms with van der Waals surface area (Å²) in [6.07, 6.45) is -0.547. The molecule has 2 aromatic rings. The minimum absolute atomic E-state index is 0.138. The monoisotopic (exact) mass is 384 g/mol. The van der Waals surface area contributed by atoms with Crippen LogP contribution in [-0.4, -0.2) is 41.8 Å². The average Bonchev–Trinajstić information content (AvgIpc) is 2.68. The number of benzene rings is 2. The normalized spacial score (nSPS) is 15.6. The lowest BCUT2D eigenvalue weighted by Gasteiger charge is -2.25. The van der Waals surface area contributed by atoms with Gasteiger partial charge in [-0.1, -0.05) is 24.3 Å². The number of hydrogen-bond donors (Lipinski definition) is 3. The molecule has 0 fully saturated rings. The molecule has 3 N–H and O–H groups in total. The molecular weight excluding hydrogens is 360 g/mol. The van der Waals surface area contributed by atoms with Gasteiger partial charge in [-0.05, 0) is 43.7 Å². The number of nitrogens with one attached hydrogen (secondary N) is 2. The van der Waals surface area contributed by atoms with Gasteiger partial charge in [-0.25, -0.2) is 0 Å². The van der Waals surface area contributed by atoms with Crippen LogP contribution in [0.25, 0.3) is 0 Å². The fourth-order valence-electron chi connectivity index (χ4n) is 2.72. The first-order chi connectivity index (χ1) is 13.4. The summed E-state index contributed by atoms with van der Waals surface area (Å²) in [5, 5.41) is 14.8. The van der Waals surface area contributed by atoms with Crippen LogP contribution in [0.15, 0.2) is 48.5 Å². The number of carbonyl (C=O) groups is 2. The number of ether oxygens (including phenoxy) is 2. The molecule has 1 atom stereocenters. The van der Waals surface area contributed by atoms with Gasteiger partial charge in [0.25, 0.3) is 5.91 Å². The smallest absolute Gasteiger partial charge is 0.269 e. The van der Waals surface area contributed by atoms with Crippen molar-refractivity contribution in [3.63, 3.8) is 0 Å². The maximum absolute atomic E-state index is 12.4. The van der Waals surface area contributed by atoms with Crippen LogP contribution in [0, 0.1) is 0 Å². The predicted octanol–water partition coefficient (Wildman–Crippen LogP) is 1.89. The van der Waals surface area contributed by atoms with Crippen molar-refractivity contribution in [1.82, 2.24) is 5.32 Å². The third kappa shape index (κ3) is 5.01. The summed E-state index contributed by atoms with van der Waals surface area (Å²) >= 11 is 0. The van der Waals surface area contributed by atoms with Crippen LogP contribution in [0.1, 0.15) is 19.4 Å². The highest BCUT2D eigenvalue weighted by Crippen LogP contribution is 2.31. The largest absolute Gasteiger partial charge is 0.485 e. The first-order valence-corrected chi connectivity index (χ1v) is 9.06. The molecule has 0 radical (unpaired) electrons. The summed E-state index contributed by atoms with van der Waals surface area (Å²) in [5.74, 6) is 0.687. The van der Waals surface area contributed by atoms with Crippen LogP contribution >= 0.6 is 0 Å². The third-order valence-corrected chi connectivity index (χ3v) is 4.26. The first kappa shape index (κ1) is 19.7. The van der Waals surface area contributed by atoms with Crippen molar-refractivity contribution in [2.75, 3.05) is 18.5 Å². The van der Waals surface area contributed by atoms with Gasteiger partial charge >= 0.3 is 0 Å². The molecule has 148 valence electrons. The molecule has 2 aromatic carbocycles. The van der Waals surface area contributed by atoms with E-state index in [1.54, 1.807) is 50.2 Å². The second kappa shape index (κ2) is 8.31. The van der Waals surface area contributed by atoms with E-state index in [-0.39, 0.29) is 31.4 Å². The van der Waals surface area contributed by atoms with E-state index in [9.17, 15) is 14.7 Å². The third-order valence-electron chi connectivity index (χ3n) is 4.26. The lowest BCUT2D eigenvalue weighted by atomic mass is 10.1. The van der Waals surface area contributed by atoms with E-state index in [4.69, 9.17) is 9.47 Å². The van der Waals surface area contributed by atoms with Crippen molar-refractivity contribution < 1.29 is 24.2 Å². The molecule has 7 nitrogen and oxygen atoms in total. The molecule has 1 heterocycles. The maximum atomic E-state index is 12.4. The Hall–Kier alpha value is -3.06. The quantitative estimate of drug-likeness (QED) is 0.707. The van der Waals surface area contributed by atoms with Crippen LogP contribution < -0.4 is 20.1 Å². The lowest BCUT2D eigenvalue weighted by molar-refractivity contribution is -0.125. The summed E-state index contributed by atoms with van der Waals surface area (Å²) < 4.78 is 11.2. The number of carbonyl (C=O) groups excluding carboxylic acids is 2. The van der Waals surface area contributed by atoms with Gasteiger partial charge < -0.3 is 25.2 Å². The Morgan fingerprint density at radius 2 is 1.79 bits per heavy atom. The van der Waals surface area contributed by atoms with E-state index in [1.165, 1.54) is 0 Å². The van der Waals surface area contributed by atoms with Gasteiger partial charge in [0, 0.05) is 5.69 Å². The highest BCUT2D eigenvalue weighted by molar-refractivity contribution is 5.94. The Kier molecular flexibility index (Phi) is 5.84. The summed E-state index contributed by atoms with van der Waals surface area (Å²) in [5.41, 5.74) is 0.744. The van der Waals surface area contributed by atoms with Gasteiger partial charge in [-0.15, -0.1) is 0 Å². The van der Waals surface area contributed by atoms with Gasteiger partial charge in [-0.3, -0.25) is 9.59 Å². The number of rotatable bonds is 6. The second-order valence-electron chi connectivity index (χ2n) is 7.32. The van der Waals surface area contributed by atoms with E-state index in [0.29, 0.717) is 17.2 Å². The second-order valence-corrected chi connectivity index (χ2v) is 7.32. The highest BCUT2D eigenvalue weighted by atomic mass is 16.6. The number of aliphatic hydroxyl groups excluding tert-OH is 1. The summed E-state index contributed by atoms with van der Waals surface area (Å²) in [4.78, 5) is 24.5. The SMILES string of the molecule is CC(C)(CO)NC(=O)Cc1ccc(NC(=O)C2COc3ccccc3O2)cc1. The number of hydrogen-bond acceptors (Lipinski definition) is 5. The summed E-state index contributed by atoms with van der Waals surface area (Å²) in [7, 11) is 0. The Labute approximate surface area is 163 Å². The lowest BCUT2D eigenvalue weighted by Crippen LogP contribution is -2.46. The van der Waals surface area contributed by atoms with Crippen LogP contribution in [0.3, 0.4) is 0 Å². The number of aliphatic hydroxyl groups is 1. The summed E-state index contributed by atoms with van der Waals surface area (Å²) in [6, 6.07) is 14.2. The zero-order chi connectivity index (χ0) is 20.1. The molecule has 3 rings (SSSR count). The molecule has 0 aliphatic carbocycles. The van der Waals surface area contributed by atoms with Crippen LogP contribution in [0.2, 0.25) is 0 Å². The number of fused-ring (bicyclic) bond motifs is 1. The molecule has 28 heavy (non-hydrogen) atoms. The van der Waals surface area contributed by atoms with Crippen LogP contribution in [0.5, 0.6) is 11.5 Å². The Balaban J connectivity index is 1.54. The van der Waals surface area contributed by atoms with Gasteiger partial charge in [-0.2, -0.15) is 0 Å². The Morgan fingerprint density at radius 1 is 1.11 bits per heavy atom. The van der Waals surface area contributed by atoms with Crippen LogP contribution in [-0.2, 0) is 16.0 Å². The topological polar surface area (TPSA) is 96.9 Å². The zero-order valence-electron chi connectivity index (χ0n) is 15.9. The van der Waals surface area contributed by atoms with Gasteiger partial charge in [0.1, 0.15) is 6.61 Å². The molecule has 1 unspecified atom stereocenters. The van der Waals surface area contributed by atoms with Crippen molar-refractivity contribution >= 4 is 17.5 Å². The van der Waals surface area contributed by atoms with Crippen LogP contribution in [0.4, 0.5) is 5.69 Å². The minimum atomic E-state index is -0.735. The number of amides is 2. The molecule has 0 aromatic heterocycles. The molecule has 1 aliphatic heterocycles. The van der Waals surface area contributed by atoms with Crippen molar-refractivity contribution in [3.05, 3.63) is 54.1 Å². The van der Waals surface area contributed by atoms with E-state index >= 15 is 0 Å². The molecule has 1 aliphatic rings. The first-order valence-electron chi connectivity index (χ1n) is 9.06. The average molecular weight is 384 g/mol. The number of anilines is 1. The predicted molar refractivity (Wildman–Crippen MR) is 104 cm³/mol. The van der Waals surface area contributed by atoms with E-state index in [1.807, 2.05) is 12.1 Å². The van der Waals surface area contributed by atoms with E-state index in [2.05, 4.69) is 10.6 Å².